The van der Waals surface area contributed by atoms with Gasteiger partial charge in [-0.25, -0.2) is 15.4 Å². The number of hydroxylamine groups is 1. The monoisotopic (exact) mass is 373 g/mol. The van der Waals surface area contributed by atoms with E-state index in [4.69, 9.17) is 21.1 Å². The zero-order valence-corrected chi connectivity index (χ0v) is 14.9. The average Bonchev–Trinajstić information content (AvgIpc) is 2.63. The lowest BCUT2D eigenvalue weighted by Crippen LogP contribution is -2.35. The fourth-order valence-electron chi connectivity index (χ4n) is 2.16. The number of aromatic nitrogens is 2. The van der Waals surface area contributed by atoms with Crippen molar-refractivity contribution in [3.05, 3.63) is 53.7 Å². The van der Waals surface area contributed by atoms with E-state index in [0.29, 0.717) is 33.4 Å². The van der Waals surface area contributed by atoms with Crippen LogP contribution in [-0.4, -0.2) is 29.1 Å². The van der Waals surface area contributed by atoms with Crippen LogP contribution < -0.4 is 15.0 Å². The Balaban J connectivity index is 1.67. The number of benzene rings is 2. The summed E-state index contributed by atoms with van der Waals surface area (Å²) in [7, 11) is 1.36. The minimum absolute atomic E-state index is 0.362. The summed E-state index contributed by atoms with van der Waals surface area (Å²) in [6.45, 7) is 1.62. The van der Waals surface area contributed by atoms with Crippen molar-refractivity contribution < 1.29 is 19.1 Å². The van der Waals surface area contributed by atoms with E-state index in [-0.39, 0.29) is 5.91 Å². The summed E-state index contributed by atoms with van der Waals surface area (Å²) >= 11 is 5.93. The Morgan fingerprint density at radius 2 is 1.85 bits per heavy atom. The van der Waals surface area contributed by atoms with Crippen molar-refractivity contribution in [1.82, 2.24) is 15.4 Å². The molecule has 26 heavy (non-hydrogen) atoms. The summed E-state index contributed by atoms with van der Waals surface area (Å²) in [5.41, 5.74) is 3.59. The van der Waals surface area contributed by atoms with Crippen molar-refractivity contribution in [2.45, 2.75) is 13.0 Å². The topological polar surface area (TPSA) is 82.6 Å². The smallest absolute Gasteiger partial charge is 0.284 e. The first-order valence-corrected chi connectivity index (χ1v) is 8.12. The van der Waals surface area contributed by atoms with Gasteiger partial charge in [-0.05, 0) is 49.4 Å². The number of hydrogen-bond donors (Lipinski definition) is 1. The molecule has 0 aliphatic rings. The molecule has 0 aliphatic carbocycles. The predicted octanol–water partition coefficient (Wildman–Crippen LogP) is 3.52. The second-order valence-electron chi connectivity index (χ2n) is 5.35. The lowest BCUT2D eigenvalue weighted by atomic mass is 10.3. The van der Waals surface area contributed by atoms with E-state index in [1.807, 2.05) is 0 Å². The van der Waals surface area contributed by atoms with E-state index in [2.05, 4.69) is 20.3 Å². The van der Waals surface area contributed by atoms with E-state index in [0.717, 1.165) is 0 Å². The zero-order chi connectivity index (χ0) is 18.5. The summed E-state index contributed by atoms with van der Waals surface area (Å²) in [6, 6.07) is 12.1. The van der Waals surface area contributed by atoms with Crippen molar-refractivity contribution in [1.29, 1.82) is 0 Å². The highest BCUT2D eigenvalue weighted by atomic mass is 35.5. The number of halogens is 1. The van der Waals surface area contributed by atoms with Gasteiger partial charge in [0.2, 0.25) is 5.88 Å². The van der Waals surface area contributed by atoms with Gasteiger partial charge in [0.15, 0.2) is 6.10 Å². The number of ether oxygens (including phenoxy) is 2. The predicted molar refractivity (Wildman–Crippen MR) is 96.3 cm³/mol. The molecule has 7 nitrogen and oxygen atoms in total. The average molecular weight is 374 g/mol. The van der Waals surface area contributed by atoms with Gasteiger partial charge in [0.1, 0.15) is 11.5 Å². The summed E-state index contributed by atoms with van der Waals surface area (Å²) in [4.78, 5) is 24.8. The zero-order valence-electron chi connectivity index (χ0n) is 14.1. The Labute approximate surface area is 154 Å². The molecule has 1 aromatic heterocycles. The Kier molecular flexibility index (Phi) is 5.50. The number of rotatable bonds is 6. The molecule has 1 atom stereocenters. The van der Waals surface area contributed by atoms with Gasteiger partial charge in [-0.15, -0.1) is 0 Å². The van der Waals surface area contributed by atoms with Crippen LogP contribution >= 0.6 is 11.6 Å². The molecule has 0 saturated carbocycles. The number of carbonyl (C=O) groups excluding carboxylic acids is 1. The summed E-state index contributed by atoms with van der Waals surface area (Å²) < 4.78 is 11.2. The summed E-state index contributed by atoms with van der Waals surface area (Å²) in [5, 5.41) is 0.601. The minimum atomic E-state index is -0.695. The molecule has 1 N–H and O–H groups in total. The third-order valence-corrected chi connectivity index (χ3v) is 3.65. The quantitative estimate of drug-likeness (QED) is 0.666. The molecule has 134 valence electrons. The van der Waals surface area contributed by atoms with Gasteiger partial charge in [-0.2, -0.15) is 0 Å². The molecule has 1 heterocycles. The highest BCUT2D eigenvalue weighted by Crippen LogP contribution is 2.24. The number of fused-ring (bicyclic) bond motifs is 1. The third-order valence-electron chi connectivity index (χ3n) is 3.41. The van der Waals surface area contributed by atoms with Gasteiger partial charge in [0, 0.05) is 5.02 Å². The van der Waals surface area contributed by atoms with Gasteiger partial charge < -0.3 is 9.47 Å². The standard InChI is InChI=1S/C18H16ClN3O4/c1-11(18(23)22-24-2)25-13-4-6-14(7-5-13)26-17-10-20-16-9-12(19)3-8-15(16)21-17/h3-11H,1-2H3,(H,22,23)/t11-/m1/s1. The molecular weight excluding hydrogens is 358 g/mol. The Bertz CT molecular complexity index is 918. The first kappa shape index (κ1) is 17.9. The molecule has 3 rings (SSSR count). The van der Waals surface area contributed by atoms with Gasteiger partial charge >= 0.3 is 0 Å². The maximum Gasteiger partial charge on any atom is 0.284 e. The molecular formula is C18H16ClN3O4. The molecule has 2 aromatic carbocycles. The highest BCUT2D eigenvalue weighted by molar-refractivity contribution is 6.31. The maximum absolute atomic E-state index is 11.6. The lowest BCUT2D eigenvalue weighted by Gasteiger charge is -2.14. The molecule has 0 fully saturated rings. The SMILES string of the molecule is CONC(=O)[C@@H](C)Oc1ccc(Oc2cnc3cc(Cl)ccc3n2)cc1. The molecule has 0 unspecified atom stereocenters. The summed E-state index contributed by atoms with van der Waals surface area (Å²) in [6.07, 6.45) is 0.833. The Morgan fingerprint density at radius 1 is 1.12 bits per heavy atom. The fraction of sp³-hybridized carbons (Fsp3) is 0.167. The highest BCUT2D eigenvalue weighted by Gasteiger charge is 2.14. The molecule has 0 saturated heterocycles. The van der Waals surface area contributed by atoms with Gasteiger partial charge in [-0.1, -0.05) is 11.6 Å². The van der Waals surface area contributed by atoms with E-state index >= 15 is 0 Å². The van der Waals surface area contributed by atoms with Crippen molar-refractivity contribution >= 4 is 28.5 Å². The third kappa shape index (κ3) is 4.38. The normalized spacial score (nSPS) is 11.8. The van der Waals surface area contributed by atoms with Gasteiger partial charge in [-0.3, -0.25) is 9.63 Å². The van der Waals surface area contributed by atoms with E-state index in [9.17, 15) is 4.79 Å². The lowest BCUT2D eigenvalue weighted by molar-refractivity contribution is -0.137. The van der Waals surface area contributed by atoms with Crippen LogP contribution in [-0.2, 0) is 9.63 Å². The van der Waals surface area contributed by atoms with Gasteiger partial charge in [0.25, 0.3) is 5.91 Å². The number of nitrogens with zero attached hydrogens (tertiary/aromatic N) is 2. The molecule has 0 aliphatic heterocycles. The van der Waals surface area contributed by atoms with Crippen LogP contribution in [0.3, 0.4) is 0 Å². The van der Waals surface area contributed by atoms with Crippen LogP contribution in [0.15, 0.2) is 48.7 Å². The van der Waals surface area contributed by atoms with Crippen molar-refractivity contribution in [3.63, 3.8) is 0 Å². The molecule has 0 bridgehead atoms. The molecule has 1 amide bonds. The van der Waals surface area contributed by atoms with E-state index in [1.54, 1.807) is 49.4 Å². The van der Waals surface area contributed by atoms with Crippen LogP contribution in [0, 0.1) is 0 Å². The van der Waals surface area contributed by atoms with Crippen molar-refractivity contribution in [2.24, 2.45) is 0 Å². The first-order chi connectivity index (χ1) is 12.5. The van der Waals surface area contributed by atoms with Gasteiger partial charge in [0.05, 0.1) is 24.3 Å². The molecule has 8 heteroatoms. The molecule has 3 aromatic rings. The largest absolute Gasteiger partial charge is 0.481 e. The summed E-state index contributed by atoms with van der Waals surface area (Å²) in [5.74, 6) is 1.07. The molecule has 0 spiro atoms. The minimum Gasteiger partial charge on any atom is -0.481 e. The Morgan fingerprint density at radius 3 is 2.58 bits per heavy atom. The molecule has 0 radical (unpaired) electrons. The number of nitrogens with one attached hydrogen (secondary N) is 1. The van der Waals surface area contributed by atoms with Crippen LogP contribution in [0.25, 0.3) is 11.0 Å². The number of carbonyl (C=O) groups is 1. The van der Waals surface area contributed by atoms with Crippen LogP contribution in [0.5, 0.6) is 17.4 Å². The number of amides is 1. The number of hydrogen-bond acceptors (Lipinski definition) is 6. The Hall–Kier alpha value is -2.90. The second-order valence-corrected chi connectivity index (χ2v) is 5.78. The van der Waals surface area contributed by atoms with Crippen molar-refractivity contribution in [3.8, 4) is 17.4 Å². The first-order valence-electron chi connectivity index (χ1n) is 7.75. The maximum atomic E-state index is 11.6. The van der Waals surface area contributed by atoms with Crippen LogP contribution in [0.4, 0.5) is 0 Å². The van der Waals surface area contributed by atoms with Crippen molar-refractivity contribution in [2.75, 3.05) is 7.11 Å². The van der Waals surface area contributed by atoms with Crippen LogP contribution in [0.2, 0.25) is 5.02 Å². The van der Waals surface area contributed by atoms with E-state index in [1.165, 1.54) is 13.3 Å². The second kappa shape index (κ2) is 7.99. The van der Waals surface area contributed by atoms with E-state index < -0.39 is 6.10 Å². The van der Waals surface area contributed by atoms with Crippen LogP contribution in [0.1, 0.15) is 6.92 Å². The fourth-order valence-corrected chi connectivity index (χ4v) is 2.33.